The number of ether oxygens (including phenoxy) is 1. The monoisotopic (exact) mass is 399 g/mol. The first-order valence-electron chi connectivity index (χ1n) is 8.62. The van der Waals surface area contributed by atoms with Crippen LogP contribution in [0.1, 0.15) is 18.5 Å². The quantitative estimate of drug-likeness (QED) is 0.443. The highest BCUT2D eigenvalue weighted by Crippen LogP contribution is 2.39. The molecule has 2 amide bonds. The Morgan fingerprint density at radius 1 is 1.21 bits per heavy atom. The summed E-state index contributed by atoms with van der Waals surface area (Å²) in [7, 11) is 2.68. The lowest BCUT2D eigenvalue weighted by molar-refractivity contribution is -0.384. The summed E-state index contributed by atoms with van der Waals surface area (Å²) >= 11 is 0. The van der Waals surface area contributed by atoms with Crippen molar-refractivity contribution in [2.45, 2.75) is 13.0 Å². The SMILES string of the molecule is COC(=O)C1=C(C)N(c2cccc([N+](=O)[O-])c2)C(=O)N(C)[C@@H]1c1cccc(F)c1. The van der Waals surface area contributed by atoms with Crippen LogP contribution in [0.15, 0.2) is 59.8 Å². The fraction of sp³-hybridized carbons (Fsp3) is 0.200. The number of hydrogen-bond donors (Lipinski definition) is 0. The van der Waals surface area contributed by atoms with Crippen molar-refractivity contribution in [1.29, 1.82) is 0 Å². The number of carbonyl (C=O) groups excluding carboxylic acids is 2. The minimum Gasteiger partial charge on any atom is -0.466 e. The zero-order valence-corrected chi connectivity index (χ0v) is 16.0. The number of benzene rings is 2. The second-order valence-corrected chi connectivity index (χ2v) is 6.45. The molecule has 150 valence electrons. The number of allylic oxidation sites excluding steroid dienone is 1. The van der Waals surface area contributed by atoms with Gasteiger partial charge in [0.15, 0.2) is 0 Å². The topological polar surface area (TPSA) is 93.0 Å². The maximum absolute atomic E-state index is 13.8. The van der Waals surface area contributed by atoms with Crippen LogP contribution in [0.25, 0.3) is 0 Å². The maximum atomic E-state index is 13.8. The molecule has 8 nitrogen and oxygen atoms in total. The van der Waals surface area contributed by atoms with Crippen molar-refractivity contribution in [2.75, 3.05) is 19.1 Å². The number of nitro groups is 1. The van der Waals surface area contributed by atoms with Crippen molar-refractivity contribution in [3.63, 3.8) is 0 Å². The van der Waals surface area contributed by atoms with E-state index in [4.69, 9.17) is 4.74 Å². The van der Waals surface area contributed by atoms with Crippen LogP contribution in [-0.2, 0) is 9.53 Å². The summed E-state index contributed by atoms with van der Waals surface area (Å²) < 4.78 is 18.7. The molecule has 1 aliphatic rings. The first-order chi connectivity index (χ1) is 13.8. The highest BCUT2D eigenvalue weighted by molar-refractivity contribution is 6.03. The van der Waals surface area contributed by atoms with Crippen molar-refractivity contribution in [3.8, 4) is 0 Å². The fourth-order valence-corrected chi connectivity index (χ4v) is 3.41. The van der Waals surface area contributed by atoms with Crippen molar-refractivity contribution in [2.24, 2.45) is 0 Å². The van der Waals surface area contributed by atoms with E-state index in [1.54, 1.807) is 13.0 Å². The number of halogens is 1. The molecule has 2 aromatic rings. The normalized spacial score (nSPS) is 16.8. The van der Waals surface area contributed by atoms with E-state index in [1.165, 1.54) is 66.4 Å². The standard InChI is InChI=1S/C20H18FN3O5/c1-12-17(19(25)29-3)18(13-6-4-7-14(21)10-13)22(2)20(26)23(12)15-8-5-9-16(11-15)24(27)28/h4-11,18H,1-3H3/t18-/m1/s1. The van der Waals surface area contributed by atoms with E-state index >= 15 is 0 Å². The van der Waals surface area contributed by atoms with Crippen LogP contribution in [0.5, 0.6) is 0 Å². The van der Waals surface area contributed by atoms with Crippen LogP contribution in [-0.4, -0.2) is 36.0 Å². The number of carbonyl (C=O) groups is 2. The van der Waals surface area contributed by atoms with Crippen LogP contribution in [0.2, 0.25) is 0 Å². The summed E-state index contributed by atoms with van der Waals surface area (Å²) in [5.74, 6) is -1.20. The minimum atomic E-state index is -0.874. The third kappa shape index (κ3) is 3.54. The average Bonchev–Trinajstić information content (AvgIpc) is 2.70. The third-order valence-corrected chi connectivity index (χ3v) is 4.75. The summed E-state index contributed by atoms with van der Waals surface area (Å²) in [6, 6.07) is 9.72. The Morgan fingerprint density at radius 2 is 1.90 bits per heavy atom. The molecule has 0 unspecified atom stereocenters. The molecular formula is C20H18FN3O5. The molecule has 1 heterocycles. The lowest BCUT2D eigenvalue weighted by Crippen LogP contribution is -2.49. The predicted octanol–water partition coefficient (Wildman–Crippen LogP) is 3.79. The van der Waals surface area contributed by atoms with Gasteiger partial charge < -0.3 is 9.64 Å². The number of urea groups is 1. The minimum absolute atomic E-state index is 0.131. The van der Waals surface area contributed by atoms with Crippen molar-refractivity contribution in [1.82, 2.24) is 4.90 Å². The van der Waals surface area contributed by atoms with E-state index in [-0.39, 0.29) is 22.6 Å². The fourth-order valence-electron chi connectivity index (χ4n) is 3.41. The second-order valence-electron chi connectivity index (χ2n) is 6.45. The summed E-state index contributed by atoms with van der Waals surface area (Å²) in [6.45, 7) is 1.54. The molecule has 1 aliphatic heterocycles. The molecule has 0 spiro atoms. The van der Waals surface area contributed by atoms with Crippen LogP contribution in [0.3, 0.4) is 0 Å². The van der Waals surface area contributed by atoms with Crippen molar-refractivity contribution in [3.05, 3.63) is 81.3 Å². The van der Waals surface area contributed by atoms with Crippen LogP contribution < -0.4 is 4.90 Å². The number of rotatable bonds is 4. The zero-order valence-electron chi connectivity index (χ0n) is 16.0. The van der Waals surface area contributed by atoms with E-state index < -0.39 is 28.8 Å². The van der Waals surface area contributed by atoms with Gasteiger partial charge in [0.05, 0.1) is 29.3 Å². The van der Waals surface area contributed by atoms with Gasteiger partial charge in [-0.2, -0.15) is 0 Å². The van der Waals surface area contributed by atoms with E-state index in [1.807, 2.05) is 0 Å². The van der Waals surface area contributed by atoms with Crippen LogP contribution >= 0.6 is 0 Å². The Bertz CT molecular complexity index is 1040. The molecule has 0 N–H and O–H groups in total. The Labute approximate surface area is 165 Å². The van der Waals surface area contributed by atoms with Gasteiger partial charge >= 0.3 is 12.0 Å². The van der Waals surface area contributed by atoms with Gasteiger partial charge in [0.2, 0.25) is 0 Å². The molecule has 0 radical (unpaired) electrons. The molecule has 0 fully saturated rings. The lowest BCUT2D eigenvalue weighted by atomic mass is 9.93. The van der Waals surface area contributed by atoms with Gasteiger partial charge in [-0.3, -0.25) is 15.0 Å². The number of nitro benzene ring substituents is 1. The van der Waals surface area contributed by atoms with Gasteiger partial charge in [-0.25, -0.2) is 14.0 Å². The summed E-state index contributed by atoms with van der Waals surface area (Å²) in [6.07, 6.45) is 0. The number of anilines is 1. The molecule has 9 heteroatoms. The smallest absolute Gasteiger partial charge is 0.337 e. The van der Waals surface area contributed by atoms with E-state index in [0.717, 1.165) is 0 Å². The van der Waals surface area contributed by atoms with Gasteiger partial charge in [-0.15, -0.1) is 0 Å². The predicted molar refractivity (Wildman–Crippen MR) is 103 cm³/mol. The van der Waals surface area contributed by atoms with E-state index in [0.29, 0.717) is 5.56 Å². The Balaban J connectivity index is 2.22. The molecule has 2 aromatic carbocycles. The number of methoxy groups -OCH3 is 1. The first-order valence-corrected chi connectivity index (χ1v) is 8.62. The molecule has 0 aliphatic carbocycles. The number of amides is 2. The molecular weight excluding hydrogens is 381 g/mol. The van der Waals surface area contributed by atoms with E-state index in [9.17, 15) is 24.1 Å². The molecule has 0 aromatic heterocycles. The number of likely N-dealkylation sites (N-methyl/N-ethyl adjacent to an activating group) is 1. The van der Waals surface area contributed by atoms with Crippen LogP contribution in [0, 0.1) is 15.9 Å². The number of non-ortho nitro benzene ring substituents is 1. The first kappa shape index (κ1) is 20.0. The second kappa shape index (κ2) is 7.70. The molecule has 1 atom stereocenters. The maximum Gasteiger partial charge on any atom is 0.337 e. The summed E-state index contributed by atoms with van der Waals surface area (Å²) in [4.78, 5) is 38.8. The molecule has 0 saturated carbocycles. The molecule has 29 heavy (non-hydrogen) atoms. The molecule has 0 bridgehead atoms. The van der Waals surface area contributed by atoms with Gasteiger partial charge in [-0.1, -0.05) is 18.2 Å². The number of hydrogen-bond acceptors (Lipinski definition) is 5. The Kier molecular flexibility index (Phi) is 5.31. The highest BCUT2D eigenvalue weighted by atomic mass is 19.1. The van der Waals surface area contributed by atoms with Gasteiger partial charge in [-0.05, 0) is 30.7 Å². The largest absolute Gasteiger partial charge is 0.466 e. The summed E-state index contributed by atoms with van der Waals surface area (Å²) in [5, 5.41) is 11.1. The van der Waals surface area contributed by atoms with E-state index in [2.05, 4.69) is 0 Å². The van der Waals surface area contributed by atoms with Crippen molar-refractivity contribution < 1.29 is 23.6 Å². The highest BCUT2D eigenvalue weighted by Gasteiger charge is 2.41. The summed E-state index contributed by atoms with van der Waals surface area (Å²) in [5.41, 5.74) is 0.811. The Hall–Kier alpha value is -3.75. The zero-order chi connectivity index (χ0) is 21.3. The van der Waals surface area contributed by atoms with Crippen molar-refractivity contribution >= 4 is 23.4 Å². The lowest BCUT2D eigenvalue weighted by Gasteiger charge is -2.40. The molecule has 0 saturated heterocycles. The third-order valence-electron chi connectivity index (χ3n) is 4.75. The van der Waals surface area contributed by atoms with Gasteiger partial charge in [0, 0.05) is 24.9 Å². The average molecular weight is 399 g/mol. The Morgan fingerprint density at radius 3 is 2.52 bits per heavy atom. The molecule has 3 rings (SSSR count). The number of esters is 1. The number of nitrogens with zero attached hydrogens (tertiary/aromatic N) is 3. The van der Waals surface area contributed by atoms with Crippen LogP contribution in [0.4, 0.5) is 20.6 Å². The van der Waals surface area contributed by atoms with Gasteiger partial charge in [0.25, 0.3) is 5.69 Å². The van der Waals surface area contributed by atoms with Gasteiger partial charge in [0.1, 0.15) is 5.82 Å².